The minimum absolute atomic E-state index is 0.0584. The predicted molar refractivity (Wildman–Crippen MR) is 90.0 cm³/mol. The van der Waals surface area contributed by atoms with Crippen molar-refractivity contribution in [1.29, 1.82) is 0 Å². The van der Waals surface area contributed by atoms with E-state index in [1.54, 1.807) is 10.7 Å². The van der Waals surface area contributed by atoms with Crippen molar-refractivity contribution < 1.29 is 14.4 Å². The maximum atomic E-state index is 11.3. The van der Waals surface area contributed by atoms with E-state index in [9.17, 15) is 10.1 Å². The number of rotatable bonds is 4. The van der Waals surface area contributed by atoms with Gasteiger partial charge in [-0.25, -0.2) is 4.68 Å². The van der Waals surface area contributed by atoms with Gasteiger partial charge in [-0.1, -0.05) is 0 Å². The summed E-state index contributed by atoms with van der Waals surface area (Å²) in [6.07, 6.45) is 1.44. The Hall–Kier alpha value is -2.68. The first-order valence-electron chi connectivity index (χ1n) is 7.29. The highest BCUT2D eigenvalue weighted by Crippen LogP contribution is 2.37. The zero-order valence-electron chi connectivity index (χ0n) is 13.4. The molecule has 0 saturated carbocycles. The van der Waals surface area contributed by atoms with Gasteiger partial charge in [-0.3, -0.25) is 15.1 Å². The lowest BCUT2D eigenvalue weighted by Gasteiger charge is -2.02. The summed E-state index contributed by atoms with van der Waals surface area (Å²) in [5.74, 6) is 0.842. The summed E-state index contributed by atoms with van der Waals surface area (Å²) in [5, 5.41) is 17.6. The van der Waals surface area contributed by atoms with E-state index >= 15 is 0 Å². The number of benzene rings is 1. The molecule has 0 unspecified atom stereocenters. The second kappa shape index (κ2) is 6.44. The van der Waals surface area contributed by atoms with Crippen molar-refractivity contribution in [2.45, 2.75) is 26.8 Å². The minimum Gasteiger partial charge on any atom is -0.454 e. The molecule has 0 radical (unpaired) electrons. The van der Waals surface area contributed by atoms with Gasteiger partial charge in [0, 0.05) is 11.4 Å². The number of aromatic nitrogens is 1. The van der Waals surface area contributed by atoms with Gasteiger partial charge in [0.2, 0.25) is 11.6 Å². The Balaban J connectivity index is 2.05. The minimum atomic E-state index is -0.464. The first-order chi connectivity index (χ1) is 11.5. The van der Waals surface area contributed by atoms with Gasteiger partial charge in [0.1, 0.15) is 0 Å². The van der Waals surface area contributed by atoms with Crippen LogP contribution in [0.1, 0.15) is 25.1 Å². The van der Waals surface area contributed by atoms with Crippen LogP contribution in [0, 0.1) is 17.0 Å². The van der Waals surface area contributed by atoms with Gasteiger partial charge >= 0.3 is 0 Å². The molecule has 3 rings (SSSR count). The van der Waals surface area contributed by atoms with E-state index in [4.69, 9.17) is 9.47 Å². The Morgan fingerprint density at radius 1 is 1.38 bits per heavy atom. The standard InChI is InChI=1S/C15H16N4O4S/c1-9(2)17-15-18(10(3)7-24-15)16-6-11-4-13-14(23-8-22-13)5-12(11)19(20)21/h4-7,9H,8H2,1-3H3. The molecule has 0 aliphatic carbocycles. The lowest BCUT2D eigenvalue weighted by Crippen LogP contribution is -2.14. The molecule has 1 aromatic carbocycles. The summed E-state index contributed by atoms with van der Waals surface area (Å²) < 4.78 is 12.1. The maximum absolute atomic E-state index is 11.3. The van der Waals surface area contributed by atoms with E-state index in [1.807, 2.05) is 26.2 Å². The fourth-order valence-corrected chi connectivity index (χ4v) is 3.10. The van der Waals surface area contributed by atoms with Crippen LogP contribution in [0.5, 0.6) is 11.5 Å². The maximum Gasteiger partial charge on any atom is 0.282 e. The number of nitrogens with zero attached hydrogens (tertiary/aromatic N) is 4. The van der Waals surface area contributed by atoms with E-state index in [-0.39, 0.29) is 18.5 Å². The fourth-order valence-electron chi connectivity index (χ4n) is 2.16. The summed E-state index contributed by atoms with van der Waals surface area (Å²) in [6, 6.07) is 3.05. The number of hydrogen-bond acceptors (Lipinski definition) is 7. The molecule has 2 heterocycles. The molecule has 0 amide bonds. The van der Waals surface area contributed by atoms with Crippen molar-refractivity contribution in [3.63, 3.8) is 0 Å². The average molecular weight is 348 g/mol. The molecule has 126 valence electrons. The first kappa shape index (κ1) is 16.2. The normalized spacial score (nSPS) is 14.1. The molecule has 0 spiro atoms. The number of hydrogen-bond donors (Lipinski definition) is 0. The van der Waals surface area contributed by atoms with E-state index in [0.717, 1.165) is 10.5 Å². The molecule has 9 heteroatoms. The van der Waals surface area contributed by atoms with Crippen LogP contribution in [0.15, 0.2) is 27.6 Å². The highest BCUT2D eigenvalue weighted by atomic mass is 32.1. The van der Waals surface area contributed by atoms with Crippen molar-refractivity contribution in [3.8, 4) is 11.5 Å². The molecule has 0 fully saturated rings. The van der Waals surface area contributed by atoms with E-state index in [1.165, 1.54) is 23.6 Å². The van der Waals surface area contributed by atoms with E-state index in [2.05, 4.69) is 10.1 Å². The van der Waals surface area contributed by atoms with Crippen molar-refractivity contribution in [1.82, 2.24) is 4.68 Å². The Bertz CT molecular complexity index is 882. The molecule has 0 saturated heterocycles. The third-order valence-corrected chi connectivity index (χ3v) is 4.20. The van der Waals surface area contributed by atoms with Gasteiger partial charge < -0.3 is 9.47 Å². The summed E-state index contributed by atoms with van der Waals surface area (Å²) in [7, 11) is 0. The summed E-state index contributed by atoms with van der Waals surface area (Å²) in [4.78, 5) is 16.1. The van der Waals surface area contributed by atoms with E-state index in [0.29, 0.717) is 17.1 Å². The smallest absolute Gasteiger partial charge is 0.282 e. The van der Waals surface area contributed by atoms with Gasteiger partial charge in [-0.05, 0) is 26.8 Å². The van der Waals surface area contributed by atoms with Crippen LogP contribution >= 0.6 is 11.3 Å². The number of aryl methyl sites for hydroxylation is 1. The van der Waals surface area contributed by atoms with Crippen LogP contribution in [-0.2, 0) is 0 Å². The third-order valence-electron chi connectivity index (χ3n) is 3.25. The predicted octanol–water partition coefficient (Wildman–Crippen LogP) is 2.69. The van der Waals surface area contributed by atoms with Crippen LogP contribution in [0.4, 0.5) is 5.69 Å². The number of ether oxygens (including phenoxy) is 2. The van der Waals surface area contributed by atoms with Gasteiger partial charge in [0.15, 0.2) is 11.5 Å². The molecular weight excluding hydrogens is 332 g/mol. The van der Waals surface area contributed by atoms with Crippen LogP contribution in [0.3, 0.4) is 0 Å². The van der Waals surface area contributed by atoms with Crippen molar-refractivity contribution in [2.24, 2.45) is 10.1 Å². The topological polar surface area (TPSA) is 91.2 Å². The zero-order chi connectivity index (χ0) is 17.3. The highest BCUT2D eigenvalue weighted by Gasteiger charge is 2.22. The molecule has 0 N–H and O–H groups in total. The molecule has 1 aliphatic heterocycles. The van der Waals surface area contributed by atoms with Crippen molar-refractivity contribution >= 4 is 23.2 Å². The van der Waals surface area contributed by atoms with Crippen LogP contribution < -0.4 is 14.3 Å². The quantitative estimate of drug-likeness (QED) is 0.482. The zero-order valence-corrected chi connectivity index (χ0v) is 14.2. The summed E-state index contributed by atoms with van der Waals surface area (Å²) >= 11 is 1.47. The lowest BCUT2D eigenvalue weighted by molar-refractivity contribution is -0.385. The molecule has 1 aromatic heterocycles. The number of fused-ring (bicyclic) bond motifs is 1. The van der Waals surface area contributed by atoms with Gasteiger partial charge in [-0.15, -0.1) is 11.3 Å². The lowest BCUT2D eigenvalue weighted by atomic mass is 10.1. The Labute approximate surface area is 141 Å². The molecule has 2 aromatic rings. The average Bonchev–Trinajstić information content (AvgIpc) is 3.10. The Morgan fingerprint density at radius 2 is 2.08 bits per heavy atom. The van der Waals surface area contributed by atoms with Gasteiger partial charge in [0.05, 0.1) is 28.5 Å². The summed E-state index contributed by atoms with van der Waals surface area (Å²) in [6.45, 7) is 5.92. The monoisotopic (exact) mass is 348 g/mol. The van der Waals surface area contributed by atoms with E-state index < -0.39 is 4.92 Å². The number of thiazole rings is 1. The van der Waals surface area contributed by atoms with Crippen LogP contribution in [0.25, 0.3) is 0 Å². The molecule has 8 nitrogen and oxygen atoms in total. The second-order valence-electron chi connectivity index (χ2n) is 5.46. The largest absolute Gasteiger partial charge is 0.454 e. The molecular formula is C15H16N4O4S. The third kappa shape index (κ3) is 3.16. The van der Waals surface area contributed by atoms with Gasteiger partial charge in [-0.2, -0.15) is 5.10 Å². The number of nitro groups is 1. The second-order valence-corrected chi connectivity index (χ2v) is 6.30. The Kier molecular flexibility index (Phi) is 4.34. The molecule has 24 heavy (non-hydrogen) atoms. The van der Waals surface area contributed by atoms with Crippen LogP contribution in [0.2, 0.25) is 0 Å². The first-order valence-corrected chi connectivity index (χ1v) is 8.17. The van der Waals surface area contributed by atoms with Gasteiger partial charge in [0.25, 0.3) is 5.69 Å². The molecule has 1 aliphatic rings. The van der Waals surface area contributed by atoms with Crippen molar-refractivity contribution in [2.75, 3.05) is 6.79 Å². The summed E-state index contributed by atoms with van der Waals surface area (Å²) in [5.41, 5.74) is 1.16. The molecule has 0 bridgehead atoms. The number of nitro benzene ring substituents is 1. The Morgan fingerprint density at radius 3 is 2.75 bits per heavy atom. The van der Waals surface area contributed by atoms with Crippen molar-refractivity contribution in [3.05, 3.63) is 43.7 Å². The SMILES string of the molecule is Cc1csc(=NC(C)C)n1N=Cc1cc2c(cc1[N+](=O)[O-])OCO2. The molecule has 0 atom stereocenters. The van der Waals surface area contributed by atoms with Crippen LogP contribution in [-0.4, -0.2) is 28.6 Å². The fraction of sp³-hybridized carbons (Fsp3) is 0.333. The highest BCUT2D eigenvalue weighted by molar-refractivity contribution is 7.07.